The molecule has 1 atom stereocenters. The van der Waals surface area contributed by atoms with E-state index in [1.807, 2.05) is 26.0 Å². The number of amides is 1. The summed E-state index contributed by atoms with van der Waals surface area (Å²) in [5.74, 6) is 1.76. The van der Waals surface area contributed by atoms with Crippen LogP contribution >= 0.6 is 0 Å². The number of nitrogens with one attached hydrogen (secondary N) is 1. The van der Waals surface area contributed by atoms with Gasteiger partial charge in [-0.2, -0.15) is 0 Å². The lowest BCUT2D eigenvalue weighted by Gasteiger charge is -2.14. The van der Waals surface area contributed by atoms with Gasteiger partial charge in [-0.1, -0.05) is 12.1 Å². The maximum atomic E-state index is 12.1. The van der Waals surface area contributed by atoms with Gasteiger partial charge in [0.15, 0.2) is 6.10 Å². The molecule has 1 aromatic heterocycles. The average Bonchev–Trinajstić information content (AvgIpc) is 2.90. The highest BCUT2D eigenvalue weighted by Gasteiger charge is 2.15. The van der Waals surface area contributed by atoms with Crippen molar-refractivity contribution in [1.82, 2.24) is 10.3 Å². The molecule has 0 aliphatic heterocycles. The van der Waals surface area contributed by atoms with E-state index in [1.165, 1.54) is 0 Å². The number of ketones is 1. The van der Waals surface area contributed by atoms with Gasteiger partial charge in [0.25, 0.3) is 5.91 Å². The van der Waals surface area contributed by atoms with Crippen molar-refractivity contribution in [3.8, 4) is 5.75 Å². The van der Waals surface area contributed by atoms with Crippen LogP contribution in [0, 0.1) is 13.8 Å². The van der Waals surface area contributed by atoms with Crippen molar-refractivity contribution in [2.45, 2.75) is 53.2 Å². The second-order valence-corrected chi connectivity index (χ2v) is 6.07. The van der Waals surface area contributed by atoms with Gasteiger partial charge in [0.2, 0.25) is 5.89 Å². The zero-order chi connectivity index (χ0) is 18.4. The van der Waals surface area contributed by atoms with Gasteiger partial charge in [0, 0.05) is 6.42 Å². The molecule has 1 N–H and O–H groups in total. The summed E-state index contributed by atoms with van der Waals surface area (Å²) >= 11 is 0. The number of nitrogens with zero attached hydrogens (tertiary/aromatic N) is 1. The van der Waals surface area contributed by atoms with E-state index in [-0.39, 0.29) is 18.2 Å². The second-order valence-electron chi connectivity index (χ2n) is 6.07. The van der Waals surface area contributed by atoms with Crippen LogP contribution in [0.15, 0.2) is 28.7 Å². The number of benzene rings is 1. The monoisotopic (exact) mass is 344 g/mol. The molecule has 0 saturated heterocycles. The summed E-state index contributed by atoms with van der Waals surface area (Å²) in [4.78, 5) is 27.3. The summed E-state index contributed by atoms with van der Waals surface area (Å²) in [7, 11) is 0. The van der Waals surface area contributed by atoms with Crippen LogP contribution in [0.25, 0.3) is 0 Å². The first kappa shape index (κ1) is 18.7. The smallest absolute Gasteiger partial charge is 0.261 e. The predicted molar refractivity (Wildman–Crippen MR) is 93.4 cm³/mol. The fourth-order valence-electron chi connectivity index (χ4n) is 2.23. The zero-order valence-corrected chi connectivity index (χ0v) is 15.1. The molecule has 0 aliphatic rings. The normalized spacial score (nSPS) is 11.8. The molecule has 25 heavy (non-hydrogen) atoms. The zero-order valence-electron chi connectivity index (χ0n) is 15.1. The van der Waals surface area contributed by atoms with Crippen molar-refractivity contribution in [3.63, 3.8) is 0 Å². The molecule has 1 unspecified atom stereocenters. The van der Waals surface area contributed by atoms with Crippen LogP contribution in [0.1, 0.15) is 43.2 Å². The van der Waals surface area contributed by atoms with E-state index < -0.39 is 6.10 Å². The molecule has 6 nitrogen and oxygen atoms in total. The third-order valence-electron chi connectivity index (χ3n) is 3.86. The fourth-order valence-corrected chi connectivity index (χ4v) is 2.23. The Morgan fingerprint density at radius 1 is 1.24 bits per heavy atom. The second kappa shape index (κ2) is 8.46. The number of carbonyl (C=O) groups excluding carboxylic acids is 2. The van der Waals surface area contributed by atoms with E-state index >= 15 is 0 Å². The largest absolute Gasteiger partial charge is 0.481 e. The Morgan fingerprint density at radius 2 is 1.92 bits per heavy atom. The summed E-state index contributed by atoms with van der Waals surface area (Å²) < 4.78 is 11.1. The summed E-state index contributed by atoms with van der Waals surface area (Å²) in [6, 6.07) is 7.42. The Balaban J connectivity index is 1.82. The summed E-state index contributed by atoms with van der Waals surface area (Å²) in [5.41, 5.74) is 1.88. The highest BCUT2D eigenvalue weighted by molar-refractivity contribution is 5.80. The molecule has 2 rings (SSSR count). The lowest BCUT2D eigenvalue weighted by atomic mass is 10.1. The van der Waals surface area contributed by atoms with E-state index in [4.69, 9.17) is 9.15 Å². The topological polar surface area (TPSA) is 81.4 Å². The third-order valence-corrected chi connectivity index (χ3v) is 3.86. The Labute approximate surface area is 147 Å². The molecule has 0 bridgehead atoms. The van der Waals surface area contributed by atoms with Crippen LogP contribution in [0.3, 0.4) is 0 Å². The van der Waals surface area contributed by atoms with E-state index in [9.17, 15) is 9.59 Å². The number of oxazole rings is 1. The van der Waals surface area contributed by atoms with Crippen LogP contribution in [-0.4, -0.2) is 22.8 Å². The van der Waals surface area contributed by atoms with E-state index in [1.54, 1.807) is 26.0 Å². The molecule has 1 heterocycles. The van der Waals surface area contributed by atoms with E-state index in [0.29, 0.717) is 24.5 Å². The molecule has 0 spiro atoms. The molecule has 1 aromatic carbocycles. The quantitative estimate of drug-likeness (QED) is 0.796. The van der Waals surface area contributed by atoms with Crippen LogP contribution in [0.2, 0.25) is 0 Å². The minimum Gasteiger partial charge on any atom is -0.481 e. The molecule has 6 heteroatoms. The molecule has 134 valence electrons. The molecule has 0 aliphatic carbocycles. The highest BCUT2D eigenvalue weighted by Crippen LogP contribution is 2.15. The molecule has 2 aromatic rings. The minimum absolute atomic E-state index is 0.169. The number of ether oxygens (including phenoxy) is 1. The average molecular weight is 344 g/mol. The van der Waals surface area contributed by atoms with Gasteiger partial charge in [-0.15, -0.1) is 0 Å². The van der Waals surface area contributed by atoms with E-state index in [2.05, 4.69) is 10.3 Å². The number of rotatable bonds is 8. The Bertz CT molecular complexity index is 715. The van der Waals surface area contributed by atoms with Gasteiger partial charge in [-0.3, -0.25) is 4.79 Å². The maximum absolute atomic E-state index is 12.1. The first-order valence-corrected chi connectivity index (χ1v) is 8.31. The molecule has 0 radical (unpaired) electrons. The van der Waals surface area contributed by atoms with Crippen LogP contribution < -0.4 is 10.1 Å². The lowest BCUT2D eigenvalue weighted by molar-refractivity contribution is -0.127. The lowest BCUT2D eigenvalue weighted by Crippen LogP contribution is -2.36. The first-order valence-electron chi connectivity index (χ1n) is 8.31. The fraction of sp³-hybridized carbons (Fsp3) is 0.421. The standard InChI is InChI=1S/C19H24N2O4/c1-12(22)5-6-16-7-9-17(10-8-16)24-15(4)19(23)20-11-18-21-13(2)14(3)25-18/h7-10,15H,5-6,11H2,1-4H3,(H,20,23). The number of aryl methyl sites for hydroxylation is 3. The summed E-state index contributed by atoms with van der Waals surface area (Å²) in [5, 5.41) is 2.75. The third kappa shape index (κ3) is 5.74. The molecular formula is C19H24N2O4. The molecule has 0 fully saturated rings. The number of aromatic nitrogens is 1. The van der Waals surface area contributed by atoms with Crippen LogP contribution in [-0.2, 0) is 22.6 Å². The minimum atomic E-state index is -0.639. The number of carbonyl (C=O) groups is 2. The number of hydrogen-bond acceptors (Lipinski definition) is 5. The summed E-state index contributed by atoms with van der Waals surface area (Å²) in [6.07, 6.45) is 0.597. The van der Waals surface area contributed by atoms with Crippen LogP contribution in [0.4, 0.5) is 0 Å². The van der Waals surface area contributed by atoms with Gasteiger partial charge < -0.3 is 19.3 Å². The van der Waals surface area contributed by atoms with Crippen molar-refractivity contribution in [2.24, 2.45) is 0 Å². The van der Waals surface area contributed by atoms with Gasteiger partial charge in [0.05, 0.1) is 12.2 Å². The van der Waals surface area contributed by atoms with Gasteiger partial charge in [0.1, 0.15) is 17.3 Å². The van der Waals surface area contributed by atoms with E-state index in [0.717, 1.165) is 17.0 Å². The predicted octanol–water partition coefficient (Wildman–Crippen LogP) is 2.90. The maximum Gasteiger partial charge on any atom is 0.261 e. The number of hydrogen-bond donors (Lipinski definition) is 1. The Kier molecular flexibility index (Phi) is 6.33. The van der Waals surface area contributed by atoms with Crippen molar-refractivity contribution < 1.29 is 18.7 Å². The summed E-state index contributed by atoms with van der Waals surface area (Å²) in [6.45, 7) is 7.18. The molecule has 0 saturated carbocycles. The Hall–Kier alpha value is -2.63. The SMILES string of the molecule is CC(=O)CCc1ccc(OC(C)C(=O)NCc2nc(C)c(C)o2)cc1. The first-order chi connectivity index (χ1) is 11.8. The van der Waals surface area contributed by atoms with Crippen LogP contribution in [0.5, 0.6) is 5.75 Å². The van der Waals surface area contributed by atoms with Gasteiger partial charge >= 0.3 is 0 Å². The van der Waals surface area contributed by atoms with Gasteiger partial charge in [-0.05, 0) is 51.8 Å². The van der Waals surface area contributed by atoms with Crippen molar-refractivity contribution in [1.29, 1.82) is 0 Å². The Morgan fingerprint density at radius 3 is 2.48 bits per heavy atom. The molecule has 1 amide bonds. The van der Waals surface area contributed by atoms with Gasteiger partial charge in [-0.25, -0.2) is 4.98 Å². The number of Topliss-reactive ketones (excluding diaryl/α,β-unsaturated/α-hetero) is 1. The highest BCUT2D eigenvalue weighted by atomic mass is 16.5. The molecular weight excluding hydrogens is 320 g/mol. The van der Waals surface area contributed by atoms with Crippen molar-refractivity contribution in [2.75, 3.05) is 0 Å². The van der Waals surface area contributed by atoms with Crippen molar-refractivity contribution in [3.05, 3.63) is 47.2 Å². The van der Waals surface area contributed by atoms with Crippen molar-refractivity contribution >= 4 is 11.7 Å².